The molecule has 9 heteroatoms. The molecule has 0 saturated heterocycles. The van der Waals surface area contributed by atoms with Gasteiger partial charge in [0.15, 0.2) is 0 Å². The molecule has 0 radical (unpaired) electrons. The SMILES string of the molecule is CC(C)(COC(=O)c1cccc(C2=CCc3ccccc32)c1)NS(=O)(=O)C(F)(F)F. The molecule has 1 aliphatic carbocycles. The topological polar surface area (TPSA) is 72.5 Å². The molecule has 0 bridgehead atoms. The van der Waals surface area contributed by atoms with Crippen LogP contribution in [0.2, 0.25) is 0 Å². The Bertz CT molecular complexity index is 1110. The van der Waals surface area contributed by atoms with E-state index in [1.807, 2.05) is 30.3 Å². The summed E-state index contributed by atoms with van der Waals surface area (Å²) in [4.78, 5) is 12.4. The molecule has 0 unspecified atom stereocenters. The molecule has 0 aliphatic heterocycles. The normalized spacial score (nSPS) is 14.2. The van der Waals surface area contributed by atoms with E-state index in [1.54, 1.807) is 12.1 Å². The fraction of sp³-hybridized carbons (Fsp3) is 0.286. The maximum Gasteiger partial charge on any atom is 0.511 e. The third kappa shape index (κ3) is 4.73. The van der Waals surface area contributed by atoms with Crippen molar-refractivity contribution in [1.29, 1.82) is 0 Å². The standard InChI is InChI=1S/C21H20F3NO4S/c1-20(2,25-30(27,28)21(22,23)24)13-29-19(26)16-8-5-7-15(12-16)18-11-10-14-6-3-4-9-17(14)18/h3-9,11-12,25H,10,13H2,1-2H3. The van der Waals surface area contributed by atoms with Crippen molar-refractivity contribution in [3.8, 4) is 0 Å². The minimum atomic E-state index is -5.56. The van der Waals surface area contributed by atoms with Crippen molar-refractivity contribution in [1.82, 2.24) is 4.72 Å². The quantitative estimate of drug-likeness (QED) is 0.690. The Kier molecular flexibility index (Phi) is 5.79. The third-order valence-electron chi connectivity index (χ3n) is 4.52. The van der Waals surface area contributed by atoms with E-state index >= 15 is 0 Å². The molecular weight excluding hydrogens is 419 g/mol. The number of benzene rings is 2. The first kappa shape index (κ1) is 22.0. The molecular formula is C21H20F3NO4S. The lowest BCUT2D eigenvalue weighted by Crippen LogP contribution is -2.51. The third-order valence-corrected chi connectivity index (χ3v) is 5.95. The Labute approximate surface area is 172 Å². The Morgan fingerprint density at radius 1 is 1.10 bits per heavy atom. The number of rotatable bonds is 6. The molecule has 30 heavy (non-hydrogen) atoms. The van der Waals surface area contributed by atoms with Gasteiger partial charge >= 0.3 is 21.5 Å². The molecule has 160 valence electrons. The van der Waals surface area contributed by atoms with Crippen molar-refractivity contribution in [2.24, 2.45) is 0 Å². The summed E-state index contributed by atoms with van der Waals surface area (Å²) in [6, 6.07) is 14.6. The zero-order chi connectivity index (χ0) is 22.2. The molecule has 0 saturated carbocycles. The van der Waals surface area contributed by atoms with Crippen molar-refractivity contribution >= 4 is 21.6 Å². The van der Waals surface area contributed by atoms with Gasteiger partial charge in [-0.05, 0) is 54.7 Å². The van der Waals surface area contributed by atoms with E-state index in [1.165, 1.54) is 30.2 Å². The Morgan fingerprint density at radius 3 is 2.50 bits per heavy atom. The van der Waals surface area contributed by atoms with Gasteiger partial charge in [-0.1, -0.05) is 42.5 Å². The molecule has 0 atom stereocenters. The van der Waals surface area contributed by atoms with Crippen LogP contribution in [0, 0.1) is 0 Å². The largest absolute Gasteiger partial charge is 0.511 e. The minimum absolute atomic E-state index is 0.215. The van der Waals surface area contributed by atoms with Gasteiger partial charge in [-0.2, -0.15) is 17.9 Å². The van der Waals surface area contributed by atoms with Gasteiger partial charge in [0, 0.05) is 0 Å². The summed E-state index contributed by atoms with van der Waals surface area (Å²) in [5, 5.41) is 0. The van der Waals surface area contributed by atoms with Crippen LogP contribution >= 0.6 is 0 Å². The molecule has 1 aliphatic rings. The maximum absolute atomic E-state index is 12.6. The lowest BCUT2D eigenvalue weighted by atomic mass is 9.98. The van der Waals surface area contributed by atoms with Crippen LogP contribution in [0.15, 0.2) is 54.6 Å². The van der Waals surface area contributed by atoms with Crippen LogP contribution in [0.25, 0.3) is 5.57 Å². The number of halogens is 3. The van der Waals surface area contributed by atoms with Gasteiger partial charge in [0.05, 0.1) is 11.1 Å². The van der Waals surface area contributed by atoms with Crippen molar-refractivity contribution < 1.29 is 31.1 Å². The van der Waals surface area contributed by atoms with Gasteiger partial charge in [0.2, 0.25) is 0 Å². The van der Waals surface area contributed by atoms with E-state index in [-0.39, 0.29) is 5.56 Å². The first-order chi connectivity index (χ1) is 13.9. The van der Waals surface area contributed by atoms with E-state index in [9.17, 15) is 26.4 Å². The summed E-state index contributed by atoms with van der Waals surface area (Å²) in [5.41, 5.74) is -2.83. The number of nitrogens with one attached hydrogen (secondary N) is 1. The zero-order valence-corrected chi connectivity index (χ0v) is 17.1. The molecule has 2 aromatic carbocycles. The number of hydrogen-bond acceptors (Lipinski definition) is 4. The summed E-state index contributed by atoms with van der Waals surface area (Å²) in [6.07, 6.45) is 2.85. The highest BCUT2D eigenvalue weighted by Gasteiger charge is 2.48. The summed E-state index contributed by atoms with van der Waals surface area (Å²) in [7, 11) is -5.56. The smallest absolute Gasteiger partial charge is 0.460 e. The van der Waals surface area contributed by atoms with Gasteiger partial charge in [-0.15, -0.1) is 0 Å². The molecule has 0 heterocycles. The van der Waals surface area contributed by atoms with E-state index in [2.05, 4.69) is 6.08 Å². The summed E-state index contributed by atoms with van der Waals surface area (Å²) < 4.78 is 66.9. The Hall–Kier alpha value is -2.65. The monoisotopic (exact) mass is 439 g/mol. The Morgan fingerprint density at radius 2 is 1.80 bits per heavy atom. The van der Waals surface area contributed by atoms with E-state index in [4.69, 9.17) is 4.74 Å². The zero-order valence-electron chi connectivity index (χ0n) is 16.3. The van der Waals surface area contributed by atoms with Crippen molar-refractivity contribution in [3.05, 3.63) is 76.9 Å². The van der Waals surface area contributed by atoms with Crippen molar-refractivity contribution in [2.75, 3.05) is 6.61 Å². The molecule has 0 spiro atoms. The highest BCUT2D eigenvalue weighted by Crippen LogP contribution is 2.33. The fourth-order valence-corrected chi connectivity index (χ4v) is 4.05. The van der Waals surface area contributed by atoms with E-state index < -0.39 is 33.6 Å². The highest BCUT2D eigenvalue weighted by molar-refractivity contribution is 7.90. The highest BCUT2D eigenvalue weighted by atomic mass is 32.2. The number of fused-ring (bicyclic) bond motifs is 1. The van der Waals surface area contributed by atoms with Crippen LogP contribution in [0.5, 0.6) is 0 Å². The van der Waals surface area contributed by atoms with Crippen LogP contribution in [0.4, 0.5) is 13.2 Å². The van der Waals surface area contributed by atoms with Gasteiger partial charge < -0.3 is 4.74 Å². The predicted molar refractivity (Wildman–Crippen MR) is 106 cm³/mol. The van der Waals surface area contributed by atoms with Crippen LogP contribution < -0.4 is 4.72 Å². The second-order valence-corrected chi connectivity index (χ2v) is 9.25. The van der Waals surface area contributed by atoms with Crippen LogP contribution in [0.1, 0.15) is 40.9 Å². The average molecular weight is 439 g/mol. The predicted octanol–water partition coefficient (Wildman–Crippen LogP) is 4.05. The fourth-order valence-electron chi connectivity index (χ4n) is 3.15. The number of hydrogen-bond donors (Lipinski definition) is 1. The molecule has 0 amide bonds. The molecule has 2 aromatic rings. The number of allylic oxidation sites excluding steroid dienone is 1. The van der Waals surface area contributed by atoms with E-state index in [0.717, 1.165) is 23.1 Å². The first-order valence-electron chi connectivity index (χ1n) is 9.06. The lowest BCUT2D eigenvalue weighted by Gasteiger charge is -2.26. The van der Waals surface area contributed by atoms with Crippen LogP contribution in [-0.2, 0) is 21.2 Å². The number of esters is 1. The van der Waals surface area contributed by atoms with Gasteiger partial charge in [-0.25, -0.2) is 13.2 Å². The second-order valence-electron chi connectivity index (χ2n) is 7.57. The number of sulfonamides is 1. The van der Waals surface area contributed by atoms with Crippen molar-refractivity contribution in [3.63, 3.8) is 0 Å². The van der Waals surface area contributed by atoms with Crippen LogP contribution in [0.3, 0.4) is 0 Å². The molecule has 1 N–H and O–H groups in total. The number of ether oxygens (including phenoxy) is 1. The summed E-state index contributed by atoms with van der Waals surface area (Å²) in [6.45, 7) is 1.82. The van der Waals surface area contributed by atoms with Gasteiger partial charge in [0.25, 0.3) is 0 Å². The average Bonchev–Trinajstić information content (AvgIpc) is 3.09. The summed E-state index contributed by atoms with van der Waals surface area (Å²) >= 11 is 0. The number of alkyl halides is 3. The number of carbonyl (C=O) groups is 1. The number of carbonyl (C=O) groups excluding carboxylic acids is 1. The summed E-state index contributed by atoms with van der Waals surface area (Å²) in [5.74, 6) is -0.761. The second kappa shape index (κ2) is 7.88. The van der Waals surface area contributed by atoms with Crippen molar-refractivity contribution in [2.45, 2.75) is 31.3 Å². The molecule has 0 fully saturated rings. The maximum atomic E-state index is 12.6. The molecule has 0 aromatic heterocycles. The molecule has 5 nitrogen and oxygen atoms in total. The lowest BCUT2D eigenvalue weighted by molar-refractivity contribution is -0.0459. The molecule has 3 rings (SSSR count). The minimum Gasteiger partial charge on any atom is -0.460 e. The Balaban J connectivity index is 1.71. The van der Waals surface area contributed by atoms with Gasteiger partial charge in [0.1, 0.15) is 6.61 Å². The van der Waals surface area contributed by atoms with E-state index in [0.29, 0.717) is 0 Å². The first-order valence-corrected chi connectivity index (χ1v) is 10.5. The van der Waals surface area contributed by atoms with Crippen LogP contribution in [-0.4, -0.2) is 32.0 Å². The van der Waals surface area contributed by atoms with Gasteiger partial charge in [-0.3, -0.25) is 0 Å².